The average molecular weight is 334 g/mol. The van der Waals surface area contributed by atoms with Gasteiger partial charge in [-0.05, 0) is 0 Å². The van der Waals surface area contributed by atoms with Crippen LogP contribution < -0.4 is 4.74 Å². The van der Waals surface area contributed by atoms with Gasteiger partial charge in [-0.15, -0.1) is 5.10 Å². The number of nitrogens with zero attached hydrogens (tertiary/aromatic N) is 2. The van der Waals surface area contributed by atoms with Crippen molar-refractivity contribution < 1.29 is 48.6 Å². The summed E-state index contributed by atoms with van der Waals surface area (Å²) in [6.07, 6.45) is -22.3. The quantitative estimate of drug-likeness (QED) is 0.792. The van der Waals surface area contributed by atoms with Crippen LogP contribution in [0, 0.1) is 5.95 Å². The van der Waals surface area contributed by atoms with Crippen LogP contribution in [0.4, 0.5) is 43.9 Å². The van der Waals surface area contributed by atoms with Crippen LogP contribution >= 0.6 is 0 Å². The number of hydrogen-bond acceptors (Lipinski definition) is 2. The lowest BCUT2D eigenvalue weighted by Crippen LogP contribution is -2.46. The van der Waals surface area contributed by atoms with E-state index in [1.54, 1.807) is 0 Å². The lowest BCUT2D eigenvalue weighted by atomic mass is 10.3. The first-order valence-electron chi connectivity index (χ1n) is 4.75. The van der Waals surface area contributed by atoms with Crippen LogP contribution in [0.1, 0.15) is 5.56 Å². The first-order valence-corrected chi connectivity index (χ1v) is 4.75. The van der Waals surface area contributed by atoms with Crippen molar-refractivity contribution in [2.24, 2.45) is 7.05 Å². The molecule has 13 heteroatoms. The fourth-order valence-electron chi connectivity index (χ4n) is 1.16. The van der Waals surface area contributed by atoms with Crippen molar-refractivity contribution in [1.82, 2.24) is 9.78 Å². The topological polar surface area (TPSA) is 27.1 Å². The van der Waals surface area contributed by atoms with Gasteiger partial charge in [-0.2, -0.15) is 39.5 Å². The molecular weight excluding hydrogens is 330 g/mol. The molecule has 3 nitrogen and oxygen atoms in total. The fourth-order valence-corrected chi connectivity index (χ4v) is 1.16. The number of ether oxygens (including phenoxy) is 1. The zero-order chi connectivity index (χ0) is 16.8. The highest BCUT2D eigenvalue weighted by Crippen LogP contribution is 2.42. The van der Waals surface area contributed by atoms with E-state index in [0.717, 1.165) is 0 Å². The van der Waals surface area contributed by atoms with Crippen LogP contribution in [0.15, 0.2) is 0 Å². The Labute approximate surface area is 109 Å². The maximum atomic E-state index is 13.1. The number of hydrogen-bond donors (Lipinski definition) is 0. The monoisotopic (exact) mass is 334 g/mol. The number of alkyl halides is 9. The summed E-state index contributed by atoms with van der Waals surface area (Å²) in [6, 6.07) is 0. The lowest BCUT2D eigenvalue weighted by molar-refractivity contribution is -0.306. The number of aromatic nitrogens is 2. The summed E-state index contributed by atoms with van der Waals surface area (Å²) >= 11 is 0. The molecule has 1 atom stereocenters. The second kappa shape index (κ2) is 4.94. The van der Waals surface area contributed by atoms with Gasteiger partial charge in [-0.25, -0.2) is 9.07 Å². The summed E-state index contributed by atoms with van der Waals surface area (Å²) in [5.74, 6) is -4.39. The molecule has 0 aromatic carbocycles. The van der Waals surface area contributed by atoms with Crippen LogP contribution in [0.5, 0.6) is 5.88 Å². The van der Waals surface area contributed by atoms with Gasteiger partial charge in [0.25, 0.3) is 12.1 Å². The summed E-state index contributed by atoms with van der Waals surface area (Å²) in [7, 11) is 0.548. The minimum Gasteiger partial charge on any atom is -0.410 e. The molecule has 0 aliphatic heterocycles. The molecule has 0 radical (unpaired) electrons. The molecule has 0 aliphatic rings. The Morgan fingerprint density at radius 3 is 1.90 bits per heavy atom. The molecule has 0 fully saturated rings. The van der Waals surface area contributed by atoms with Crippen LogP contribution in [-0.4, -0.2) is 28.2 Å². The van der Waals surface area contributed by atoms with Crippen molar-refractivity contribution >= 4 is 0 Å². The van der Waals surface area contributed by atoms with Gasteiger partial charge in [0.1, 0.15) is 0 Å². The molecule has 0 spiro atoms. The number of rotatable bonds is 3. The van der Waals surface area contributed by atoms with E-state index in [1.807, 2.05) is 0 Å². The largest absolute Gasteiger partial charge is 0.440 e. The van der Waals surface area contributed by atoms with E-state index in [0.29, 0.717) is 7.05 Å². The Balaban J connectivity index is 3.23. The fraction of sp³-hybridized carbons (Fsp3) is 0.625. The predicted molar refractivity (Wildman–Crippen MR) is 44.7 cm³/mol. The third-order valence-corrected chi connectivity index (χ3v) is 2.04. The molecule has 0 aliphatic carbocycles. The third-order valence-electron chi connectivity index (χ3n) is 2.04. The Morgan fingerprint density at radius 1 is 1.05 bits per heavy atom. The van der Waals surface area contributed by atoms with E-state index in [4.69, 9.17) is 0 Å². The van der Waals surface area contributed by atoms with Gasteiger partial charge in [0.05, 0.1) is 0 Å². The minimum absolute atomic E-state index is 0.199. The highest BCUT2D eigenvalue weighted by molar-refractivity contribution is 5.28. The molecule has 1 rings (SSSR count). The molecule has 1 aromatic heterocycles. The highest BCUT2D eigenvalue weighted by atomic mass is 19.4. The second-order valence-electron chi connectivity index (χ2n) is 3.66. The van der Waals surface area contributed by atoms with Crippen LogP contribution in [0.2, 0.25) is 0 Å². The van der Waals surface area contributed by atoms with Crippen LogP contribution in [-0.2, 0) is 13.2 Å². The van der Waals surface area contributed by atoms with Gasteiger partial charge in [-0.3, -0.25) is 0 Å². The zero-order valence-corrected chi connectivity index (χ0v) is 9.66. The molecule has 0 N–H and O–H groups in total. The van der Waals surface area contributed by atoms with Crippen molar-refractivity contribution in [3.05, 3.63) is 11.5 Å². The van der Waals surface area contributed by atoms with Crippen molar-refractivity contribution in [2.45, 2.75) is 24.6 Å². The van der Waals surface area contributed by atoms with E-state index >= 15 is 0 Å². The molecule has 21 heavy (non-hydrogen) atoms. The Kier molecular flexibility index (Phi) is 4.09. The summed E-state index contributed by atoms with van der Waals surface area (Å²) in [4.78, 5) is 0. The van der Waals surface area contributed by atoms with Crippen LogP contribution in [0.3, 0.4) is 0 Å². The lowest BCUT2D eigenvalue weighted by Gasteiger charge is -2.22. The Bertz CT molecular complexity index is 516. The number of halogens is 10. The van der Waals surface area contributed by atoms with Gasteiger partial charge >= 0.3 is 18.5 Å². The summed E-state index contributed by atoms with van der Waals surface area (Å²) < 4.78 is 127. The minimum atomic E-state index is -6.10. The van der Waals surface area contributed by atoms with Crippen molar-refractivity contribution in [2.75, 3.05) is 0 Å². The molecule has 122 valence electrons. The molecule has 0 saturated carbocycles. The van der Waals surface area contributed by atoms with E-state index in [1.165, 1.54) is 0 Å². The molecule has 1 heterocycles. The standard InChI is InChI=1S/C8H4F10N2O/c1-20-3(9)2(6(11,12)13)4(19-20)21-8(17,18)5(10)7(14,15)16/h5H,1H3. The number of aryl methyl sites for hydroxylation is 1. The van der Waals surface area contributed by atoms with Gasteiger partial charge in [0, 0.05) is 7.05 Å². The van der Waals surface area contributed by atoms with Gasteiger partial charge in [0.2, 0.25) is 5.95 Å². The van der Waals surface area contributed by atoms with Crippen LogP contribution in [0.25, 0.3) is 0 Å². The zero-order valence-electron chi connectivity index (χ0n) is 9.66. The SMILES string of the molecule is Cn1nc(OC(F)(F)C(F)C(F)(F)F)c(C(F)(F)F)c1F. The smallest absolute Gasteiger partial charge is 0.410 e. The maximum absolute atomic E-state index is 13.1. The van der Waals surface area contributed by atoms with Crippen molar-refractivity contribution in [3.63, 3.8) is 0 Å². The maximum Gasteiger partial charge on any atom is 0.440 e. The summed E-state index contributed by atoms with van der Waals surface area (Å²) in [5.41, 5.74) is -2.47. The molecule has 1 unspecified atom stereocenters. The second-order valence-corrected chi connectivity index (χ2v) is 3.66. The molecular formula is C8H4F10N2O. The first-order chi connectivity index (χ1) is 9.18. The van der Waals surface area contributed by atoms with Gasteiger partial charge < -0.3 is 4.74 Å². The molecule has 1 aromatic rings. The Morgan fingerprint density at radius 2 is 1.52 bits per heavy atom. The molecule has 0 saturated heterocycles. The van der Waals surface area contributed by atoms with E-state index in [9.17, 15) is 43.9 Å². The summed E-state index contributed by atoms with van der Waals surface area (Å²) in [6.45, 7) is 0. The van der Waals surface area contributed by atoms with E-state index in [-0.39, 0.29) is 4.68 Å². The Hall–Kier alpha value is -1.69. The third kappa shape index (κ3) is 3.50. The van der Waals surface area contributed by atoms with Crippen molar-refractivity contribution in [3.8, 4) is 5.88 Å². The van der Waals surface area contributed by atoms with Gasteiger partial charge in [-0.1, -0.05) is 0 Å². The first kappa shape index (κ1) is 17.4. The molecule has 0 bridgehead atoms. The van der Waals surface area contributed by atoms with E-state index in [2.05, 4.69) is 9.84 Å². The van der Waals surface area contributed by atoms with Crippen molar-refractivity contribution in [1.29, 1.82) is 0 Å². The predicted octanol–water partition coefficient (Wildman–Crippen LogP) is 3.45. The molecule has 0 amide bonds. The average Bonchev–Trinajstić information content (AvgIpc) is 2.50. The van der Waals surface area contributed by atoms with E-state index < -0.39 is 42.0 Å². The highest BCUT2D eigenvalue weighted by Gasteiger charge is 2.60. The normalized spacial score (nSPS) is 15.2. The summed E-state index contributed by atoms with van der Waals surface area (Å²) in [5, 5.41) is 2.51. The van der Waals surface area contributed by atoms with Gasteiger partial charge in [0.15, 0.2) is 5.56 Å².